The van der Waals surface area contributed by atoms with Gasteiger partial charge in [0.1, 0.15) is 0 Å². The molecule has 2 aromatic carbocycles. The first kappa shape index (κ1) is 21.9. The normalized spacial score (nSPS) is 14.4. The highest BCUT2D eigenvalue weighted by Gasteiger charge is 2.23. The van der Waals surface area contributed by atoms with Crippen LogP contribution in [0, 0.1) is 6.92 Å². The van der Waals surface area contributed by atoms with Crippen molar-refractivity contribution in [1.82, 2.24) is 5.32 Å². The van der Waals surface area contributed by atoms with Crippen LogP contribution in [0.1, 0.15) is 43.4 Å². The van der Waals surface area contributed by atoms with E-state index in [1.54, 1.807) is 14.2 Å². The van der Waals surface area contributed by atoms with Gasteiger partial charge in [-0.1, -0.05) is 13.0 Å². The van der Waals surface area contributed by atoms with Crippen LogP contribution in [0.25, 0.3) is 0 Å². The fraction of sp³-hybridized carbons (Fsp3) is 0.391. The molecule has 0 aliphatic carbocycles. The first-order chi connectivity index (χ1) is 14.5. The molecule has 1 aliphatic rings. The largest absolute Gasteiger partial charge is 0.493 e. The van der Waals surface area contributed by atoms with E-state index in [2.05, 4.69) is 17.6 Å². The molecule has 1 saturated heterocycles. The Morgan fingerprint density at radius 1 is 1.17 bits per heavy atom. The van der Waals surface area contributed by atoms with Crippen molar-refractivity contribution in [3.05, 3.63) is 47.5 Å². The number of carbonyl (C=O) groups excluding carboxylic acids is 1. The maximum atomic E-state index is 12.0. The van der Waals surface area contributed by atoms with Crippen LogP contribution in [0.2, 0.25) is 0 Å². The average Bonchev–Trinajstić information content (AvgIpc) is 3.17. The van der Waals surface area contributed by atoms with E-state index in [9.17, 15) is 4.79 Å². The lowest BCUT2D eigenvalue weighted by atomic mass is 10.0. The predicted octanol–water partition coefficient (Wildman–Crippen LogP) is 4.58. The molecule has 3 rings (SSSR count). The second-order valence-electron chi connectivity index (χ2n) is 7.32. The summed E-state index contributed by atoms with van der Waals surface area (Å²) in [4.78, 5) is 13.9. The van der Waals surface area contributed by atoms with Crippen molar-refractivity contribution in [2.75, 3.05) is 31.0 Å². The number of ether oxygens (including phenoxy) is 2. The maximum absolute atomic E-state index is 12.0. The minimum absolute atomic E-state index is 0.0346. The van der Waals surface area contributed by atoms with Gasteiger partial charge in [-0.15, -0.1) is 0 Å². The van der Waals surface area contributed by atoms with E-state index in [1.165, 1.54) is 0 Å². The molecule has 6 nitrogen and oxygen atoms in total. The second-order valence-corrected chi connectivity index (χ2v) is 7.73. The van der Waals surface area contributed by atoms with E-state index in [0.29, 0.717) is 23.0 Å². The van der Waals surface area contributed by atoms with Gasteiger partial charge >= 0.3 is 0 Å². The van der Waals surface area contributed by atoms with Gasteiger partial charge in [-0.2, -0.15) is 0 Å². The number of carbonyl (C=O) groups is 1. The third-order valence-corrected chi connectivity index (χ3v) is 5.56. The predicted molar refractivity (Wildman–Crippen MR) is 125 cm³/mol. The van der Waals surface area contributed by atoms with Crippen molar-refractivity contribution in [2.45, 2.75) is 39.2 Å². The highest BCUT2D eigenvalue weighted by atomic mass is 32.1. The quantitative estimate of drug-likeness (QED) is 0.631. The van der Waals surface area contributed by atoms with Crippen LogP contribution in [-0.2, 0) is 4.79 Å². The van der Waals surface area contributed by atoms with Crippen molar-refractivity contribution in [3.63, 3.8) is 0 Å². The average molecular weight is 428 g/mol. The topological polar surface area (TPSA) is 62.8 Å². The van der Waals surface area contributed by atoms with Gasteiger partial charge in [0.25, 0.3) is 0 Å². The minimum atomic E-state index is 0.0346. The number of benzene rings is 2. The highest BCUT2D eigenvalue weighted by Crippen LogP contribution is 2.31. The highest BCUT2D eigenvalue weighted by molar-refractivity contribution is 7.80. The van der Waals surface area contributed by atoms with Crippen LogP contribution in [-0.4, -0.2) is 31.8 Å². The SMILES string of the molecule is CC[C@@H](NC(=S)Nc1ccc(N2CCCC2=O)c(C)c1)c1ccc(OC)c(OC)c1. The fourth-order valence-corrected chi connectivity index (χ4v) is 4.02. The van der Waals surface area contributed by atoms with Gasteiger partial charge in [0.2, 0.25) is 5.91 Å². The summed E-state index contributed by atoms with van der Waals surface area (Å²) < 4.78 is 10.7. The Bertz CT molecular complexity index is 932. The summed E-state index contributed by atoms with van der Waals surface area (Å²) in [6, 6.07) is 11.9. The van der Waals surface area contributed by atoms with E-state index < -0.39 is 0 Å². The Morgan fingerprint density at radius 2 is 1.93 bits per heavy atom. The van der Waals surface area contributed by atoms with Gasteiger partial charge in [-0.3, -0.25) is 4.79 Å². The summed E-state index contributed by atoms with van der Waals surface area (Å²) in [5, 5.41) is 7.18. The summed E-state index contributed by atoms with van der Waals surface area (Å²) in [6.07, 6.45) is 2.40. The van der Waals surface area contributed by atoms with Crippen LogP contribution in [0.15, 0.2) is 36.4 Å². The molecule has 0 spiro atoms. The maximum Gasteiger partial charge on any atom is 0.227 e. The fourth-order valence-electron chi connectivity index (χ4n) is 3.76. The lowest BCUT2D eigenvalue weighted by Crippen LogP contribution is -2.32. The molecular weight excluding hydrogens is 398 g/mol. The number of nitrogens with one attached hydrogen (secondary N) is 2. The van der Waals surface area contributed by atoms with Gasteiger partial charge in [0, 0.05) is 24.3 Å². The zero-order valence-corrected chi connectivity index (χ0v) is 18.8. The van der Waals surface area contributed by atoms with Crippen molar-refractivity contribution >= 4 is 34.6 Å². The molecule has 160 valence electrons. The zero-order chi connectivity index (χ0) is 21.7. The Kier molecular flexibility index (Phi) is 7.15. The lowest BCUT2D eigenvalue weighted by Gasteiger charge is -2.22. The molecule has 7 heteroatoms. The first-order valence-corrected chi connectivity index (χ1v) is 10.6. The number of rotatable bonds is 7. The van der Waals surface area contributed by atoms with Crippen LogP contribution < -0.4 is 25.0 Å². The summed E-state index contributed by atoms with van der Waals surface area (Å²) in [5.74, 6) is 1.58. The molecule has 1 amide bonds. The molecule has 0 unspecified atom stereocenters. The Hall–Kier alpha value is -2.80. The summed E-state index contributed by atoms with van der Waals surface area (Å²) in [5.41, 5.74) is 3.98. The molecule has 30 heavy (non-hydrogen) atoms. The molecule has 0 radical (unpaired) electrons. The lowest BCUT2D eigenvalue weighted by molar-refractivity contribution is -0.117. The zero-order valence-electron chi connectivity index (χ0n) is 18.0. The van der Waals surface area contributed by atoms with Gasteiger partial charge in [-0.25, -0.2) is 0 Å². The van der Waals surface area contributed by atoms with E-state index in [0.717, 1.165) is 41.9 Å². The molecule has 0 bridgehead atoms. The van der Waals surface area contributed by atoms with Crippen LogP contribution in [0.3, 0.4) is 0 Å². The van der Waals surface area contributed by atoms with E-state index >= 15 is 0 Å². The van der Waals surface area contributed by atoms with Crippen molar-refractivity contribution in [2.24, 2.45) is 0 Å². The third-order valence-electron chi connectivity index (χ3n) is 5.34. The van der Waals surface area contributed by atoms with E-state index in [4.69, 9.17) is 21.7 Å². The second kappa shape index (κ2) is 9.80. The number of methoxy groups -OCH3 is 2. The standard InChI is InChI=1S/C23H29N3O3S/c1-5-18(16-8-11-20(28-3)21(14-16)29-4)25-23(30)24-17-9-10-19(15(2)13-17)26-12-6-7-22(26)27/h8-11,13-14,18H,5-7,12H2,1-4H3,(H2,24,25,30)/t18-/m1/s1. The van der Waals surface area contributed by atoms with E-state index in [1.807, 2.05) is 48.2 Å². The Balaban J connectivity index is 1.68. The number of hydrogen-bond donors (Lipinski definition) is 2. The molecule has 1 aliphatic heterocycles. The minimum Gasteiger partial charge on any atom is -0.493 e. The smallest absolute Gasteiger partial charge is 0.227 e. The molecule has 2 aromatic rings. The third kappa shape index (κ3) is 4.84. The summed E-state index contributed by atoms with van der Waals surface area (Å²) in [6.45, 7) is 4.90. The number of anilines is 2. The monoisotopic (exact) mass is 427 g/mol. The Morgan fingerprint density at radius 3 is 2.53 bits per heavy atom. The van der Waals surface area contributed by atoms with Crippen LogP contribution in [0.5, 0.6) is 11.5 Å². The number of nitrogens with zero attached hydrogens (tertiary/aromatic N) is 1. The number of hydrogen-bond acceptors (Lipinski definition) is 4. The molecule has 1 atom stereocenters. The first-order valence-electron chi connectivity index (χ1n) is 10.2. The molecular formula is C23H29N3O3S. The van der Waals surface area contributed by atoms with Crippen molar-refractivity contribution in [1.29, 1.82) is 0 Å². The number of thiocarbonyl (C=S) groups is 1. The molecule has 0 aromatic heterocycles. The van der Waals surface area contributed by atoms with Crippen molar-refractivity contribution in [3.8, 4) is 11.5 Å². The van der Waals surface area contributed by atoms with Gasteiger partial charge in [-0.05, 0) is 73.4 Å². The van der Waals surface area contributed by atoms with Gasteiger partial charge in [0.15, 0.2) is 16.6 Å². The molecule has 2 N–H and O–H groups in total. The van der Waals surface area contributed by atoms with Crippen LogP contribution in [0.4, 0.5) is 11.4 Å². The molecule has 1 heterocycles. The van der Waals surface area contributed by atoms with Gasteiger partial charge < -0.3 is 25.0 Å². The van der Waals surface area contributed by atoms with Crippen LogP contribution >= 0.6 is 12.2 Å². The van der Waals surface area contributed by atoms with E-state index in [-0.39, 0.29) is 11.9 Å². The summed E-state index contributed by atoms with van der Waals surface area (Å²) >= 11 is 5.55. The number of amides is 1. The molecule has 1 fully saturated rings. The number of aryl methyl sites for hydroxylation is 1. The van der Waals surface area contributed by atoms with Gasteiger partial charge in [0.05, 0.1) is 20.3 Å². The summed E-state index contributed by atoms with van der Waals surface area (Å²) in [7, 11) is 3.25. The molecule has 0 saturated carbocycles. The van der Waals surface area contributed by atoms with Crippen molar-refractivity contribution < 1.29 is 14.3 Å². The Labute approximate surface area is 183 Å².